The van der Waals surface area contributed by atoms with Crippen molar-refractivity contribution in [1.82, 2.24) is 4.90 Å². The summed E-state index contributed by atoms with van der Waals surface area (Å²) >= 11 is 1.44. The van der Waals surface area contributed by atoms with Gasteiger partial charge in [-0.15, -0.1) is 11.3 Å². The summed E-state index contributed by atoms with van der Waals surface area (Å²) in [7, 11) is 3.46. The van der Waals surface area contributed by atoms with Gasteiger partial charge in [0.1, 0.15) is 0 Å². The van der Waals surface area contributed by atoms with Gasteiger partial charge in [-0.25, -0.2) is 0 Å². The number of thiophene rings is 1. The van der Waals surface area contributed by atoms with Crippen LogP contribution >= 0.6 is 11.3 Å². The van der Waals surface area contributed by atoms with Crippen LogP contribution in [0.5, 0.6) is 0 Å². The van der Waals surface area contributed by atoms with E-state index in [1.165, 1.54) is 11.3 Å². The van der Waals surface area contributed by atoms with Crippen LogP contribution in [-0.4, -0.2) is 31.2 Å². The van der Waals surface area contributed by atoms with Crippen LogP contribution in [0, 0.1) is 0 Å². The van der Waals surface area contributed by atoms with Crippen molar-refractivity contribution in [1.29, 1.82) is 0 Å². The molecule has 0 radical (unpaired) electrons. The molecule has 0 aliphatic carbocycles. The molecule has 0 saturated carbocycles. The fraction of sp³-hybridized carbons (Fsp3) is 0.143. The monoisotopic (exact) mass is 259 g/mol. The highest BCUT2D eigenvalue weighted by atomic mass is 32.1. The molecule has 0 N–H and O–H groups in total. The largest absolute Gasteiger partial charge is 0.345 e. The highest BCUT2D eigenvalue weighted by molar-refractivity contribution is 7.17. The van der Waals surface area contributed by atoms with Crippen molar-refractivity contribution >= 4 is 23.5 Å². The lowest BCUT2D eigenvalue weighted by Gasteiger charge is -2.10. The third-order valence-electron chi connectivity index (χ3n) is 2.57. The zero-order valence-electron chi connectivity index (χ0n) is 10.2. The Labute approximate surface area is 110 Å². The summed E-state index contributed by atoms with van der Waals surface area (Å²) in [6.45, 7) is 0. The summed E-state index contributed by atoms with van der Waals surface area (Å²) in [5, 5.41) is 0. The maximum atomic E-state index is 11.7. The van der Waals surface area contributed by atoms with Gasteiger partial charge in [-0.3, -0.25) is 9.59 Å². The first-order valence-corrected chi connectivity index (χ1v) is 6.30. The van der Waals surface area contributed by atoms with Gasteiger partial charge in [-0.05, 0) is 29.8 Å². The predicted molar refractivity (Wildman–Crippen MR) is 73.2 cm³/mol. The van der Waals surface area contributed by atoms with Crippen LogP contribution in [0.2, 0.25) is 0 Å². The maximum absolute atomic E-state index is 11.7. The summed E-state index contributed by atoms with van der Waals surface area (Å²) < 4.78 is 0. The van der Waals surface area contributed by atoms with E-state index >= 15 is 0 Å². The van der Waals surface area contributed by atoms with Crippen molar-refractivity contribution in [3.63, 3.8) is 0 Å². The molecule has 3 nitrogen and oxygen atoms in total. The molecule has 18 heavy (non-hydrogen) atoms. The third kappa shape index (κ3) is 2.49. The molecule has 0 unspecified atom stereocenters. The Morgan fingerprint density at radius 2 is 1.78 bits per heavy atom. The van der Waals surface area contributed by atoms with E-state index in [2.05, 4.69) is 0 Å². The highest BCUT2D eigenvalue weighted by Crippen LogP contribution is 2.27. The first kappa shape index (κ1) is 12.5. The molecule has 0 aliphatic heterocycles. The smallest absolute Gasteiger partial charge is 0.253 e. The first-order valence-electron chi connectivity index (χ1n) is 5.49. The molecule has 4 heteroatoms. The SMILES string of the molecule is CN(C)C(=O)c1ccc(-c2ccc(C=O)s2)cc1. The van der Waals surface area contributed by atoms with Crippen LogP contribution in [0.15, 0.2) is 36.4 Å². The second kappa shape index (κ2) is 5.14. The van der Waals surface area contributed by atoms with Crippen molar-refractivity contribution in [2.75, 3.05) is 14.1 Å². The summed E-state index contributed by atoms with van der Waals surface area (Å²) in [5.74, 6) is -0.0127. The van der Waals surface area contributed by atoms with Gasteiger partial charge in [0.05, 0.1) is 4.88 Å². The number of carbonyl (C=O) groups excluding carboxylic acids is 2. The van der Waals surface area contributed by atoms with Crippen LogP contribution in [0.25, 0.3) is 10.4 Å². The lowest BCUT2D eigenvalue weighted by Crippen LogP contribution is -2.21. The van der Waals surface area contributed by atoms with Gasteiger partial charge < -0.3 is 4.90 Å². The molecule has 0 fully saturated rings. The lowest BCUT2D eigenvalue weighted by molar-refractivity contribution is 0.0827. The normalized spacial score (nSPS) is 10.1. The molecule has 1 aromatic carbocycles. The van der Waals surface area contributed by atoms with Gasteiger partial charge in [0, 0.05) is 24.5 Å². The minimum atomic E-state index is -0.0127. The molecule has 2 aromatic rings. The summed E-state index contributed by atoms with van der Waals surface area (Å²) in [6, 6.07) is 11.1. The van der Waals surface area contributed by atoms with E-state index in [0.29, 0.717) is 10.4 Å². The van der Waals surface area contributed by atoms with Crippen LogP contribution in [0.3, 0.4) is 0 Å². The number of aldehydes is 1. The average molecular weight is 259 g/mol. The van der Waals surface area contributed by atoms with Crippen molar-refractivity contribution in [2.45, 2.75) is 0 Å². The van der Waals surface area contributed by atoms with E-state index in [4.69, 9.17) is 0 Å². The van der Waals surface area contributed by atoms with E-state index in [0.717, 1.165) is 16.7 Å². The molecule has 0 saturated heterocycles. The molecule has 0 atom stereocenters. The summed E-state index contributed by atoms with van der Waals surface area (Å²) in [5.41, 5.74) is 1.68. The Morgan fingerprint density at radius 1 is 1.11 bits per heavy atom. The quantitative estimate of drug-likeness (QED) is 0.795. The zero-order valence-corrected chi connectivity index (χ0v) is 11.0. The van der Waals surface area contributed by atoms with Crippen LogP contribution in [-0.2, 0) is 0 Å². The van der Waals surface area contributed by atoms with Gasteiger partial charge in [0.25, 0.3) is 5.91 Å². The molecular weight excluding hydrogens is 246 g/mol. The molecule has 0 aliphatic rings. The standard InChI is InChI=1S/C14H13NO2S/c1-15(2)14(17)11-5-3-10(4-6-11)13-8-7-12(9-16)18-13/h3-9H,1-2H3. The minimum Gasteiger partial charge on any atom is -0.345 e. The number of nitrogens with zero attached hydrogens (tertiary/aromatic N) is 1. The van der Waals surface area contributed by atoms with E-state index in [9.17, 15) is 9.59 Å². The maximum Gasteiger partial charge on any atom is 0.253 e. The predicted octanol–water partition coefficient (Wildman–Crippen LogP) is 2.93. The number of hydrogen-bond acceptors (Lipinski definition) is 3. The van der Waals surface area contributed by atoms with Gasteiger partial charge in [0.2, 0.25) is 0 Å². The average Bonchev–Trinajstić information content (AvgIpc) is 2.86. The first-order chi connectivity index (χ1) is 8.61. The molecule has 1 aromatic heterocycles. The summed E-state index contributed by atoms with van der Waals surface area (Å²) in [6.07, 6.45) is 0.845. The second-order valence-electron chi connectivity index (χ2n) is 4.10. The summed E-state index contributed by atoms with van der Waals surface area (Å²) in [4.78, 5) is 25.6. The zero-order chi connectivity index (χ0) is 13.1. The Bertz CT molecular complexity index is 570. The molecule has 0 spiro atoms. The number of rotatable bonds is 3. The molecular formula is C14H13NO2S. The number of amides is 1. The van der Waals surface area contributed by atoms with Crippen molar-refractivity contribution < 1.29 is 9.59 Å². The van der Waals surface area contributed by atoms with E-state index in [1.54, 1.807) is 37.2 Å². The fourth-order valence-corrected chi connectivity index (χ4v) is 2.43. The van der Waals surface area contributed by atoms with Crippen LogP contribution in [0.4, 0.5) is 0 Å². The molecule has 92 valence electrons. The van der Waals surface area contributed by atoms with Gasteiger partial charge in [0.15, 0.2) is 6.29 Å². The highest BCUT2D eigenvalue weighted by Gasteiger charge is 2.08. The van der Waals surface area contributed by atoms with Gasteiger partial charge >= 0.3 is 0 Å². The third-order valence-corrected chi connectivity index (χ3v) is 3.63. The minimum absolute atomic E-state index is 0.0127. The van der Waals surface area contributed by atoms with Crippen LogP contribution in [0.1, 0.15) is 20.0 Å². The van der Waals surface area contributed by atoms with Gasteiger partial charge in [-0.1, -0.05) is 12.1 Å². The Morgan fingerprint density at radius 3 is 2.28 bits per heavy atom. The number of carbonyl (C=O) groups is 2. The molecule has 1 heterocycles. The van der Waals surface area contributed by atoms with Crippen LogP contribution < -0.4 is 0 Å². The van der Waals surface area contributed by atoms with Crippen molar-refractivity contribution in [3.8, 4) is 10.4 Å². The topological polar surface area (TPSA) is 37.4 Å². The van der Waals surface area contributed by atoms with Crippen molar-refractivity contribution in [2.24, 2.45) is 0 Å². The second-order valence-corrected chi connectivity index (χ2v) is 5.21. The Balaban J connectivity index is 2.27. The Hall–Kier alpha value is -1.94. The number of hydrogen-bond donors (Lipinski definition) is 0. The van der Waals surface area contributed by atoms with Gasteiger partial charge in [-0.2, -0.15) is 0 Å². The van der Waals surface area contributed by atoms with Crippen molar-refractivity contribution in [3.05, 3.63) is 46.8 Å². The van der Waals surface area contributed by atoms with E-state index in [1.807, 2.05) is 18.2 Å². The lowest BCUT2D eigenvalue weighted by atomic mass is 10.1. The molecule has 2 rings (SSSR count). The van der Waals surface area contributed by atoms with E-state index < -0.39 is 0 Å². The molecule has 1 amide bonds. The number of benzene rings is 1. The fourth-order valence-electron chi connectivity index (χ4n) is 1.61. The molecule has 0 bridgehead atoms. The Kier molecular flexibility index (Phi) is 3.58. The van der Waals surface area contributed by atoms with E-state index in [-0.39, 0.29) is 5.91 Å².